The Kier molecular flexibility index (Phi) is 3.61. The lowest BCUT2D eigenvalue weighted by Gasteiger charge is -2.07. The Morgan fingerprint density at radius 3 is 2.32 bits per heavy atom. The number of thiophene rings is 1. The lowest BCUT2D eigenvalue weighted by molar-refractivity contribution is -0.137. The lowest BCUT2D eigenvalue weighted by atomic mass is 10.0. The summed E-state index contributed by atoms with van der Waals surface area (Å²) >= 11 is 1.19. The minimum absolute atomic E-state index is 0.377. The molecule has 0 atom stereocenters. The Morgan fingerprint density at radius 2 is 1.79 bits per heavy atom. The van der Waals surface area contributed by atoms with Gasteiger partial charge in [0.2, 0.25) is 0 Å². The van der Waals surface area contributed by atoms with Gasteiger partial charge in [-0.05, 0) is 29.1 Å². The molecule has 0 aliphatic heterocycles. The summed E-state index contributed by atoms with van der Waals surface area (Å²) in [5.41, 5.74) is 0.409. The predicted molar refractivity (Wildman–Crippen MR) is 66.1 cm³/mol. The number of hydrogen-bond acceptors (Lipinski definition) is 3. The van der Waals surface area contributed by atoms with Crippen molar-refractivity contribution in [3.05, 3.63) is 46.2 Å². The number of carbonyl (C=O) groups is 1. The van der Waals surface area contributed by atoms with E-state index in [9.17, 15) is 18.0 Å². The van der Waals surface area contributed by atoms with Crippen LogP contribution in [0, 0.1) is 0 Å². The van der Waals surface area contributed by atoms with Gasteiger partial charge in [-0.2, -0.15) is 13.2 Å². The molecule has 6 heteroatoms. The van der Waals surface area contributed by atoms with Crippen LogP contribution >= 0.6 is 11.3 Å². The maximum Gasteiger partial charge on any atom is 0.416 e. The van der Waals surface area contributed by atoms with E-state index in [1.165, 1.54) is 30.6 Å². The molecule has 0 radical (unpaired) electrons. The number of rotatable bonds is 2. The third-order valence-corrected chi connectivity index (χ3v) is 3.45. The zero-order valence-electron chi connectivity index (χ0n) is 9.82. The molecular formula is C13H9F3O2S. The van der Waals surface area contributed by atoms with Gasteiger partial charge in [0.15, 0.2) is 0 Å². The van der Waals surface area contributed by atoms with Crippen molar-refractivity contribution in [2.45, 2.75) is 6.18 Å². The smallest absolute Gasteiger partial charge is 0.416 e. The van der Waals surface area contributed by atoms with E-state index in [2.05, 4.69) is 4.74 Å². The van der Waals surface area contributed by atoms with Crippen molar-refractivity contribution >= 4 is 17.3 Å². The van der Waals surface area contributed by atoms with E-state index in [4.69, 9.17) is 0 Å². The molecule has 1 aromatic carbocycles. The highest BCUT2D eigenvalue weighted by Gasteiger charge is 2.30. The maximum atomic E-state index is 12.5. The Morgan fingerprint density at radius 1 is 1.16 bits per heavy atom. The van der Waals surface area contributed by atoms with Gasteiger partial charge < -0.3 is 4.74 Å². The number of hydrogen-bond donors (Lipinski definition) is 0. The van der Waals surface area contributed by atoms with E-state index in [1.54, 1.807) is 11.4 Å². The van der Waals surface area contributed by atoms with E-state index in [0.717, 1.165) is 12.1 Å². The van der Waals surface area contributed by atoms with Crippen molar-refractivity contribution in [1.82, 2.24) is 0 Å². The van der Waals surface area contributed by atoms with Crippen LogP contribution in [0.15, 0.2) is 35.7 Å². The number of ether oxygens (including phenoxy) is 1. The van der Waals surface area contributed by atoms with E-state index in [0.29, 0.717) is 16.0 Å². The number of alkyl halides is 3. The van der Waals surface area contributed by atoms with Crippen LogP contribution in [0.2, 0.25) is 0 Å². The number of carbonyl (C=O) groups excluding carboxylic acids is 1. The largest absolute Gasteiger partial charge is 0.465 e. The van der Waals surface area contributed by atoms with Crippen LogP contribution in [0.3, 0.4) is 0 Å². The predicted octanol–water partition coefficient (Wildman–Crippen LogP) is 4.22. The first-order valence-electron chi connectivity index (χ1n) is 5.27. The second-order valence-electron chi connectivity index (χ2n) is 3.73. The molecule has 0 unspecified atom stereocenters. The summed E-state index contributed by atoms with van der Waals surface area (Å²) in [5, 5.41) is 1.69. The molecule has 0 aliphatic carbocycles. The third-order valence-electron chi connectivity index (χ3n) is 2.56. The maximum absolute atomic E-state index is 12.5. The SMILES string of the molecule is COC(=O)c1sccc1-c1ccc(C(F)(F)F)cc1. The highest BCUT2D eigenvalue weighted by Crippen LogP contribution is 2.33. The van der Waals surface area contributed by atoms with Gasteiger partial charge in [0, 0.05) is 5.56 Å². The van der Waals surface area contributed by atoms with Gasteiger partial charge in [-0.1, -0.05) is 12.1 Å². The number of methoxy groups -OCH3 is 1. The molecule has 0 N–H and O–H groups in total. The van der Waals surface area contributed by atoms with Gasteiger partial charge in [-0.25, -0.2) is 4.79 Å². The fourth-order valence-electron chi connectivity index (χ4n) is 1.63. The molecule has 1 heterocycles. The van der Waals surface area contributed by atoms with Crippen LogP contribution in [0.25, 0.3) is 11.1 Å². The molecule has 2 rings (SSSR count). The Hall–Kier alpha value is -1.82. The summed E-state index contributed by atoms with van der Waals surface area (Å²) < 4.78 is 42.0. The topological polar surface area (TPSA) is 26.3 Å². The summed E-state index contributed by atoms with van der Waals surface area (Å²) in [7, 11) is 1.26. The first kappa shape index (κ1) is 13.6. The van der Waals surface area contributed by atoms with Crippen LogP contribution in [-0.4, -0.2) is 13.1 Å². The molecule has 0 amide bonds. The Labute approximate surface area is 111 Å². The monoisotopic (exact) mass is 286 g/mol. The number of halogens is 3. The van der Waals surface area contributed by atoms with Crippen LogP contribution in [-0.2, 0) is 10.9 Å². The first-order valence-corrected chi connectivity index (χ1v) is 6.15. The molecule has 100 valence electrons. The molecule has 0 spiro atoms. The van der Waals surface area contributed by atoms with Crippen molar-refractivity contribution in [3.63, 3.8) is 0 Å². The van der Waals surface area contributed by atoms with Gasteiger partial charge in [-0.15, -0.1) is 11.3 Å². The first-order chi connectivity index (χ1) is 8.93. The van der Waals surface area contributed by atoms with E-state index in [1.807, 2.05) is 0 Å². The van der Waals surface area contributed by atoms with E-state index < -0.39 is 17.7 Å². The summed E-state index contributed by atoms with van der Waals surface area (Å²) in [6.07, 6.45) is -4.36. The van der Waals surface area contributed by atoms with Crippen molar-refractivity contribution in [2.24, 2.45) is 0 Å². The van der Waals surface area contributed by atoms with Gasteiger partial charge in [-0.3, -0.25) is 0 Å². The van der Waals surface area contributed by atoms with E-state index >= 15 is 0 Å². The second-order valence-corrected chi connectivity index (χ2v) is 4.65. The molecular weight excluding hydrogens is 277 g/mol. The van der Waals surface area contributed by atoms with Crippen LogP contribution in [0.4, 0.5) is 13.2 Å². The molecule has 0 fully saturated rings. The van der Waals surface area contributed by atoms with Crippen molar-refractivity contribution in [1.29, 1.82) is 0 Å². The highest BCUT2D eigenvalue weighted by molar-refractivity contribution is 7.12. The molecule has 2 aromatic rings. The standard InChI is InChI=1S/C13H9F3O2S/c1-18-12(17)11-10(6-7-19-11)8-2-4-9(5-3-8)13(14,15)16/h2-7H,1H3. The zero-order valence-corrected chi connectivity index (χ0v) is 10.6. The van der Waals surface area contributed by atoms with E-state index in [-0.39, 0.29) is 0 Å². The van der Waals surface area contributed by atoms with Gasteiger partial charge in [0.1, 0.15) is 4.88 Å². The highest BCUT2D eigenvalue weighted by atomic mass is 32.1. The molecule has 0 bridgehead atoms. The van der Waals surface area contributed by atoms with Crippen molar-refractivity contribution < 1.29 is 22.7 Å². The average molecular weight is 286 g/mol. The molecule has 19 heavy (non-hydrogen) atoms. The summed E-state index contributed by atoms with van der Waals surface area (Å²) in [6.45, 7) is 0. The van der Waals surface area contributed by atoms with Gasteiger partial charge in [0.25, 0.3) is 0 Å². The van der Waals surface area contributed by atoms with Gasteiger partial charge in [0.05, 0.1) is 12.7 Å². The second kappa shape index (κ2) is 5.05. The van der Waals surface area contributed by atoms with Crippen LogP contribution < -0.4 is 0 Å². The molecule has 1 aromatic heterocycles. The van der Waals surface area contributed by atoms with Crippen LogP contribution in [0.5, 0.6) is 0 Å². The number of esters is 1. The van der Waals surface area contributed by atoms with Crippen molar-refractivity contribution in [3.8, 4) is 11.1 Å². The summed E-state index contributed by atoms with van der Waals surface area (Å²) in [5.74, 6) is -0.495. The Balaban J connectivity index is 2.38. The quantitative estimate of drug-likeness (QED) is 0.773. The number of benzene rings is 1. The molecule has 0 aliphatic rings. The minimum atomic E-state index is -4.36. The fourth-order valence-corrected chi connectivity index (χ4v) is 2.46. The normalized spacial score (nSPS) is 11.4. The average Bonchev–Trinajstić information content (AvgIpc) is 2.86. The van der Waals surface area contributed by atoms with Crippen LogP contribution in [0.1, 0.15) is 15.2 Å². The fraction of sp³-hybridized carbons (Fsp3) is 0.154. The molecule has 0 saturated heterocycles. The molecule has 0 saturated carbocycles. The van der Waals surface area contributed by atoms with Gasteiger partial charge >= 0.3 is 12.1 Å². The van der Waals surface area contributed by atoms with Crippen molar-refractivity contribution in [2.75, 3.05) is 7.11 Å². The Bertz CT molecular complexity index is 585. The minimum Gasteiger partial charge on any atom is -0.465 e. The summed E-state index contributed by atoms with van der Waals surface area (Å²) in [6, 6.07) is 6.36. The molecule has 2 nitrogen and oxygen atoms in total. The lowest BCUT2D eigenvalue weighted by Crippen LogP contribution is -2.04. The summed E-state index contributed by atoms with van der Waals surface area (Å²) in [4.78, 5) is 11.9. The zero-order chi connectivity index (χ0) is 14.0. The third kappa shape index (κ3) is 2.78.